The van der Waals surface area contributed by atoms with Crippen molar-refractivity contribution in [2.75, 3.05) is 9.80 Å². The maximum atomic E-state index is 5.56. The van der Waals surface area contributed by atoms with Crippen molar-refractivity contribution in [3.05, 3.63) is 287 Å². The molecule has 0 unspecified atom stereocenters. The molecule has 0 radical (unpaired) electrons. The summed E-state index contributed by atoms with van der Waals surface area (Å²) >= 11 is 0. The lowest BCUT2D eigenvalue weighted by Crippen LogP contribution is -2.38. The first-order valence-corrected chi connectivity index (χ1v) is 23.2. The Labute approximate surface area is 394 Å². The number of anilines is 6. The molecule has 2 aliphatic heterocycles. The molecule has 0 N–H and O–H groups in total. The van der Waals surface area contributed by atoms with Crippen LogP contribution in [-0.4, -0.2) is 19.9 Å². The Bertz CT molecular complexity index is 3340. The second-order valence-electron chi connectivity index (χ2n) is 17.7. The van der Waals surface area contributed by atoms with E-state index < -0.39 is 10.8 Å². The van der Waals surface area contributed by atoms with Gasteiger partial charge < -0.3 is 0 Å². The molecular weight excluding hydrogens is 829 g/mol. The van der Waals surface area contributed by atoms with Gasteiger partial charge in [0.05, 0.1) is 50.4 Å². The van der Waals surface area contributed by atoms with Crippen LogP contribution in [0.2, 0.25) is 0 Å². The Hall–Kier alpha value is -9.00. The van der Waals surface area contributed by atoms with Crippen LogP contribution in [0.3, 0.4) is 0 Å². The van der Waals surface area contributed by atoms with Gasteiger partial charge in [-0.25, -0.2) is 9.97 Å². The van der Waals surface area contributed by atoms with E-state index in [1.54, 1.807) is 0 Å². The number of aromatic nitrogens is 4. The zero-order valence-electron chi connectivity index (χ0n) is 36.8. The normalized spacial score (nSPS) is 14.4. The van der Waals surface area contributed by atoms with Gasteiger partial charge in [0, 0.05) is 11.1 Å². The number of para-hydroxylation sites is 4. The number of rotatable bonds is 6. The summed E-state index contributed by atoms with van der Waals surface area (Å²) < 4.78 is 0. The lowest BCUT2D eigenvalue weighted by molar-refractivity contribution is 0.728. The number of hydrogen-bond donors (Lipinski definition) is 0. The van der Waals surface area contributed by atoms with Crippen LogP contribution < -0.4 is 9.80 Å². The van der Waals surface area contributed by atoms with Crippen molar-refractivity contribution in [2.24, 2.45) is 0 Å². The minimum atomic E-state index is -0.626. The average molecular weight is 869 g/mol. The van der Waals surface area contributed by atoms with Crippen LogP contribution in [0.5, 0.6) is 0 Å². The fraction of sp³-hybridized carbons (Fsp3) is 0.0323. The molecule has 0 fully saturated rings. The summed E-state index contributed by atoms with van der Waals surface area (Å²) in [5.41, 5.74) is 16.3. The lowest BCUT2D eigenvalue weighted by atomic mass is 9.62. The van der Waals surface area contributed by atoms with E-state index in [0.29, 0.717) is 17.5 Å². The minimum absolute atomic E-state index is 0.543. The highest BCUT2D eigenvalue weighted by Crippen LogP contribution is 2.60. The summed E-state index contributed by atoms with van der Waals surface area (Å²) in [5.74, 6) is 1.09. The number of nitrogens with zero attached hydrogens (tertiary/aromatic N) is 6. The molecule has 0 saturated carbocycles. The first-order chi connectivity index (χ1) is 33.8. The zero-order valence-corrected chi connectivity index (χ0v) is 36.8. The van der Waals surface area contributed by atoms with Crippen LogP contribution in [0.4, 0.5) is 34.6 Å². The van der Waals surface area contributed by atoms with Crippen molar-refractivity contribution >= 4 is 45.7 Å². The SMILES string of the molecule is c1ccc(C2(c3ccccc3)c3ccccc3N(c3nc4c5c(nc(N6c7ccccc7C(c7ccccc7)(c7ccccc7)c7ccccc76)nc5n3)-c3ccccc3-4)c3ccccc32)cc1. The summed E-state index contributed by atoms with van der Waals surface area (Å²) in [6, 6.07) is 86.9. The van der Waals surface area contributed by atoms with E-state index >= 15 is 0 Å². The van der Waals surface area contributed by atoms with Crippen molar-refractivity contribution in [3.8, 4) is 22.5 Å². The predicted octanol–water partition coefficient (Wildman–Crippen LogP) is 14.4. The smallest absolute Gasteiger partial charge is 0.237 e. The molecule has 318 valence electrons. The van der Waals surface area contributed by atoms with Gasteiger partial charge in [-0.15, -0.1) is 0 Å². The third-order valence-electron chi connectivity index (χ3n) is 14.4. The molecule has 14 rings (SSSR count). The van der Waals surface area contributed by atoms with Crippen molar-refractivity contribution in [3.63, 3.8) is 0 Å². The molecular formula is C62H40N6. The van der Waals surface area contributed by atoms with E-state index in [-0.39, 0.29) is 0 Å². The Morgan fingerprint density at radius 3 is 0.838 bits per heavy atom. The van der Waals surface area contributed by atoms with Crippen molar-refractivity contribution < 1.29 is 0 Å². The van der Waals surface area contributed by atoms with Crippen LogP contribution in [-0.2, 0) is 10.8 Å². The molecule has 4 heterocycles. The molecule has 0 saturated heterocycles. The molecule has 0 atom stereocenters. The van der Waals surface area contributed by atoms with E-state index in [2.05, 4.69) is 252 Å². The van der Waals surface area contributed by atoms with Crippen LogP contribution in [0, 0.1) is 0 Å². The van der Waals surface area contributed by atoms with Gasteiger partial charge in [-0.1, -0.05) is 218 Å². The Morgan fingerprint density at radius 2 is 0.529 bits per heavy atom. The van der Waals surface area contributed by atoms with Crippen LogP contribution in [0.15, 0.2) is 243 Å². The molecule has 1 aliphatic carbocycles. The van der Waals surface area contributed by atoms with Crippen LogP contribution in [0.25, 0.3) is 33.5 Å². The lowest BCUT2D eigenvalue weighted by Gasteiger charge is -2.46. The third kappa shape index (κ3) is 5.17. The Kier molecular flexibility index (Phi) is 8.31. The molecule has 9 aromatic carbocycles. The van der Waals surface area contributed by atoms with Gasteiger partial charge in [0.2, 0.25) is 11.9 Å². The average Bonchev–Trinajstić information content (AvgIpc) is 3.74. The molecule has 6 heteroatoms. The minimum Gasteiger partial charge on any atom is -0.278 e. The topological polar surface area (TPSA) is 58.0 Å². The summed E-state index contributed by atoms with van der Waals surface area (Å²) in [6.45, 7) is 0. The van der Waals surface area contributed by atoms with E-state index in [9.17, 15) is 0 Å². The summed E-state index contributed by atoms with van der Waals surface area (Å²) in [6.07, 6.45) is 0. The highest BCUT2D eigenvalue weighted by Gasteiger charge is 2.49. The first kappa shape index (κ1) is 38.3. The fourth-order valence-corrected chi connectivity index (χ4v) is 11.8. The van der Waals surface area contributed by atoms with Gasteiger partial charge >= 0.3 is 0 Å². The molecule has 0 amide bonds. The van der Waals surface area contributed by atoms with Gasteiger partial charge in [0.25, 0.3) is 0 Å². The highest BCUT2D eigenvalue weighted by molar-refractivity contribution is 6.11. The Balaban J connectivity index is 1.03. The number of fused-ring (bicyclic) bond motifs is 7. The molecule has 11 aromatic rings. The highest BCUT2D eigenvalue weighted by atomic mass is 15.3. The van der Waals surface area contributed by atoms with Gasteiger partial charge in [0.1, 0.15) is 0 Å². The standard InChI is InChI=1S/C62H40N6/c1-5-23-41(24-6-1)61(42-25-7-2-8-26-42)47-33-15-19-37-51(47)67(52-38-20-16-34-48(52)61)59-63-56-45-31-13-14-32-46(45)57-55(56)58(65-59)66-60(64-57)68-53-39-21-17-35-49(53)62(43-27-9-3-10-28-43,44-29-11-4-12-30-44)50-36-18-22-40-54(50)68/h1-40H. The monoisotopic (exact) mass is 868 g/mol. The van der Waals surface area contributed by atoms with Gasteiger partial charge in [-0.2, -0.15) is 9.97 Å². The number of benzene rings is 9. The second-order valence-corrected chi connectivity index (χ2v) is 17.7. The van der Waals surface area contributed by atoms with E-state index in [1.807, 2.05) is 0 Å². The fourth-order valence-electron chi connectivity index (χ4n) is 11.8. The predicted molar refractivity (Wildman–Crippen MR) is 273 cm³/mol. The van der Waals surface area contributed by atoms with Crippen LogP contribution in [0.1, 0.15) is 44.5 Å². The van der Waals surface area contributed by atoms with Crippen LogP contribution >= 0.6 is 0 Å². The number of hydrogen-bond acceptors (Lipinski definition) is 6. The quantitative estimate of drug-likeness (QED) is 0.166. The van der Waals surface area contributed by atoms with Gasteiger partial charge in [-0.3, -0.25) is 9.80 Å². The van der Waals surface area contributed by atoms with E-state index in [0.717, 1.165) is 72.9 Å². The molecule has 0 bridgehead atoms. The van der Waals surface area contributed by atoms with E-state index in [4.69, 9.17) is 19.9 Å². The second kappa shape index (κ2) is 14.8. The third-order valence-corrected chi connectivity index (χ3v) is 14.4. The maximum Gasteiger partial charge on any atom is 0.237 e. The molecule has 0 spiro atoms. The first-order valence-electron chi connectivity index (χ1n) is 23.2. The largest absolute Gasteiger partial charge is 0.278 e. The van der Waals surface area contributed by atoms with Crippen molar-refractivity contribution in [1.29, 1.82) is 0 Å². The molecule has 6 nitrogen and oxygen atoms in total. The van der Waals surface area contributed by atoms with Crippen molar-refractivity contribution in [1.82, 2.24) is 19.9 Å². The summed E-state index contributed by atoms with van der Waals surface area (Å²) in [7, 11) is 0. The Morgan fingerprint density at radius 1 is 0.265 bits per heavy atom. The molecule has 3 aliphatic rings. The van der Waals surface area contributed by atoms with E-state index in [1.165, 1.54) is 22.3 Å². The summed E-state index contributed by atoms with van der Waals surface area (Å²) in [4.78, 5) is 26.7. The van der Waals surface area contributed by atoms with Crippen molar-refractivity contribution in [2.45, 2.75) is 10.8 Å². The molecule has 2 aromatic heterocycles. The molecule has 68 heavy (non-hydrogen) atoms. The summed E-state index contributed by atoms with van der Waals surface area (Å²) in [5, 5.41) is 0.849. The zero-order chi connectivity index (χ0) is 44.8. The van der Waals surface area contributed by atoms with Gasteiger partial charge in [-0.05, 0) is 68.8 Å². The maximum absolute atomic E-state index is 5.56. The van der Waals surface area contributed by atoms with Gasteiger partial charge in [0.15, 0.2) is 5.65 Å².